The van der Waals surface area contributed by atoms with Gasteiger partial charge in [-0.15, -0.1) is 0 Å². The van der Waals surface area contributed by atoms with E-state index in [2.05, 4.69) is 30.6 Å². The molecule has 1 aromatic heterocycles. The summed E-state index contributed by atoms with van der Waals surface area (Å²) in [5.41, 5.74) is 3.84. The molecule has 0 atom stereocenters. The number of amides is 3. The zero-order chi connectivity index (χ0) is 19.7. The molecular formula is C19H18BrN3O4. The first-order valence-electron chi connectivity index (χ1n) is 8.18. The molecule has 1 aromatic carbocycles. The number of hydrogen-bond acceptors (Lipinski definition) is 4. The second-order valence-corrected chi connectivity index (χ2v) is 7.01. The van der Waals surface area contributed by atoms with E-state index >= 15 is 0 Å². The predicted octanol–water partition coefficient (Wildman–Crippen LogP) is 2.92. The second kappa shape index (κ2) is 7.40. The first kappa shape index (κ1) is 18.9. The minimum absolute atomic E-state index is 0.125. The number of rotatable bonds is 4. The number of methoxy groups -OCH3 is 1. The van der Waals surface area contributed by atoms with Gasteiger partial charge in [0.15, 0.2) is 0 Å². The number of aromatic nitrogens is 1. The molecule has 140 valence electrons. The highest BCUT2D eigenvalue weighted by Gasteiger charge is 2.35. The predicted molar refractivity (Wildman–Crippen MR) is 103 cm³/mol. The zero-order valence-electron chi connectivity index (χ0n) is 15.1. The Hall–Kier alpha value is -2.87. The Labute approximate surface area is 164 Å². The van der Waals surface area contributed by atoms with Crippen LogP contribution in [0.25, 0.3) is 11.8 Å². The molecule has 2 heterocycles. The summed E-state index contributed by atoms with van der Waals surface area (Å²) in [7, 11) is 1.20. The molecular weight excluding hydrogens is 414 g/mol. The second-order valence-electron chi connectivity index (χ2n) is 6.09. The van der Waals surface area contributed by atoms with Crippen LogP contribution in [0, 0.1) is 13.8 Å². The van der Waals surface area contributed by atoms with Gasteiger partial charge in [-0.25, -0.2) is 9.69 Å². The van der Waals surface area contributed by atoms with Crippen molar-refractivity contribution in [2.24, 2.45) is 0 Å². The Balaban J connectivity index is 1.93. The van der Waals surface area contributed by atoms with Gasteiger partial charge in [-0.3, -0.25) is 9.59 Å². The van der Waals surface area contributed by atoms with E-state index in [1.54, 1.807) is 6.08 Å². The molecule has 1 fully saturated rings. The van der Waals surface area contributed by atoms with Crippen molar-refractivity contribution in [3.63, 3.8) is 0 Å². The molecule has 2 aromatic rings. The molecule has 0 spiro atoms. The van der Waals surface area contributed by atoms with E-state index < -0.39 is 24.5 Å². The van der Waals surface area contributed by atoms with Gasteiger partial charge in [-0.2, -0.15) is 0 Å². The normalized spacial score (nSPS) is 15.4. The lowest BCUT2D eigenvalue weighted by atomic mass is 10.2. The van der Waals surface area contributed by atoms with Gasteiger partial charge in [0.1, 0.15) is 12.2 Å². The number of nitrogens with zero attached hydrogens (tertiary/aromatic N) is 2. The summed E-state index contributed by atoms with van der Waals surface area (Å²) in [5, 5.41) is 2.51. The summed E-state index contributed by atoms with van der Waals surface area (Å²) < 4.78 is 7.57. The molecule has 27 heavy (non-hydrogen) atoms. The molecule has 3 amide bonds. The fourth-order valence-corrected chi connectivity index (χ4v) is 3.25. The van der Waals surface area contributed by atoms with Crippen molar-refractivity contribution in [1.82, 2.24) is 14.8 Å². The van der Waals surface area contributed by atoms with E-state index in [1.165, 1.54) is 7.11 Å². The van der Waals surface area contributed by atoms with Crippen molar-refractivity contribution in [2.45, 2.75) is 13.8 Å². The van der Waals surface area contributed by atoms with E-state index in [4.69, 9.17) is 0 Å². The van der Waals surface area contributed by atoms with Crippen molar-refractivity contribution in [2.75, 3.05) is 13.7 Å². The van der Waals surface area contributed by atoms with Crippen LogP contribution in [0.2, 0.25) is 0 Å². The smallest absolute Gasteiger partial charge is 0.329 e. The number of imide groups is 1. The average Bonchev–Trinajstić information content (AvgIpc) is 3.06. The van der Waals surface area contributed by atoms with Gasteiger partial charge in [0.2, 0.25) is 0 Å². The molecule has 8 heteroatoms. The van der Waals surface area contributed by atoms with Crippen LogP contribution in [0.1, 0.15) is 17.0 Å². The van der Waals surface area contributed by atoms with Gasteiger partial charge in [0.25, 0.3) is 5.91 Å². The number of carbonyl (C=O) groups excluding carboxylic acids is 3. The van der Waals surface area contributed by atoms with Gasteiger partial charge in [-0.1, -0.05) is 15.9 Å². The van der Waals surface area contributed by atoms with E-state index in [1.807, 2.05) is 44.2 Å². The maximum atomic E-state index is 12.4. The highest BCUT2D eigenvalue weighted by Crippen LogP contribution is 2.25. The fourth-order valence-electron chi connectivity index (χ4n) is 2.99. The maximum absolute atomic E-state index is 12.4. The first-order chi connectivity index (χ1) is 12.8. The molecule has 1 saturated heterocycles. The third-order valence-corrected chi connectivity index (χ3v) is 4.86. The number of hydrogen-bond donors (Lipinski definition) is 1. The topological polar surface area (TPSA) is 80.6 Å². The van der Waals surface area contributed by atoms with Gasteiger partial charge < -0.3 is 14.6 Å². The van der Waals surface area contributed by atoms with Crippen LogP contribution >= 0.6 is 15.9 Å². The van der Waals surface area contributed by atoms with E-state index in [9.17, 15) is 14.4 Å². The Morgan fingerprint density at radius 3 is 2.52 bits per heavy atom. The van der Waals surface area contributed by atoms with Gasteiger partial charge in [-0.05, 0) is 55.8 Å². The number of halogens is 1. The molecule has 3 rings (SSSR count). The largest absolute Gasteiger partial charge is 0.468 e. The van der Waals surface area contributed by atoms with Crippen LogP contribution < -0.4 is 5.32 Å². The number of nitrogens with one attached hydrogen (secondary N) is 1. The minimum atomic E-state index is -0.659. The number of aryl methyl sites for hydroxylation is 1. The summed E-state index contributed by atoms with van der Waals surface area (Å²) in [4.78, 5) is 36.6. The van der Waals surface area contributed by atoms with Crippen LogP contribution in [0.4, 0.5) is 4.79 Å². The monoisotopic (exact) mass is 431 g/mol. The van der Waals surface area contributed by atoms with Gasteiger partial charge >= 0.3 is 12.0 Å². The lowest BCUT2D eigenvalue weighted by Gasteiger charge is -2.10. The summed E-state index contributed by atoms with van der Waals surface area (Å²) >= 11 is 3.42. The highest BCUT2D eigenvalue weighted by atomic mass is 79.9. The minimum Gasteiger partial charge on any atom is -0.468 e. The molecule has 1 aliphatic rings. The summed E-state index contributed by atoms with van der Waals surface area (Å²) in [5.74, 6) is -1.22. The molecule has 0 saturated carbocycles. The van der Waals surface area contributed by atoms with Crippen molar-refractivity contribution in [3.05, 3.63) is 57.5 Å². The van der Waals surface area contributed by atoms with Crippen molar-refractivity contribution in [3.8, 4) is 5.69 Å². The molecule has 0 aliphatic carbocycles. The molecule has 1 N–H and O–H groups in total. The Morgan fingerprint density at radius 1 is 1.22 bits per heavy atom. The van der Waals surface area contributed by atoms with Gasteiger partial charge in [0, 0.05) is 21.5 Å². The number of ether oxygens (including phenoxy) is 1. The number of benzene rings is 1. The Morgan fingerprint density at radius 2 is 1.89 bits per heavy atom. The SMILES string of the molecule is COC(=O)CN1C(=O)N/C(=C\c2cc(C)n(-c3ccc(Br)cc3)c2C)C1=O. The zero-order valence-corrected chi connectivity index (χ0v) is 16.7. The van der Waals surface area contributed by atoms with Crippen LogP contribution in [-0.4, -0.2) is 41.0 Å². The standard InChI is InChI=1S/C19H18BrN3O4/c1-11-8-13(12(2)23(11)15-6-4-14(20)5-7-15)9-16-18(25)22(19(26)21-16)10-17(24)27-3/h4-9H,10H2,1-3H3,(H,21,26)/b16-9-. The molecule has 0 radical (unpaired) electrons. The van der Waals surface area contributed by atoms with E-state index in [0.29, 0.717) is 0 Å². The highest BCUT2D eigenvalue weighted by molar-refractivity contribution is 9.10. The lowest BCUT2D eigenvalue weighted by molar-refractivity contribution is -0.143. The van der Waals surface area contributed by atoms with Crippen molar-refractivity contribution in [1.29, 1.82) is 0 Å². The quantitative estimate of drug-likeness (QED) is 0.458. The third-order valence-electron chi connectivity index (χ3n) is 4.33. The molecule has 7 nitrogen and oxygen atoms in total. The van der Waals surface area contributed by atoms with E-state index in [0.717, 1.165) is 32.0 Å². The summed E-state index contributed by atoms with van der Waals surface area (Å²) in [6.07, 6.45) is 1.62. The number of urea groups is 1. The van der Waals surface area contributed by atoms with Crippen LogP contribution in [0.3, 0.4) is 0 Å². The van der Waals surface area contributed by atoms with Crippen LogP contribution in [-0.2, 0) is 14.3 Å². The Bertz CT molecular complexity index is 960. The van der Waals surface area contributed by atoms with Gasteiger partial charge in [0.05, 0.1) is 7.11 Å². The molecule has 0 bridgehead atoms. The third kappa shape index (κ3) is 3.66. The van der Waals surface area contributed by atoms with Crippen molar-refractivity contribution >= 4 is 39.9 Å². The average molecular weight is 432 g/mol. The van der Waals surface area contributed by atoms with E-state index in [-0.39, 0.29) is 5.70 Å². The maximum Gasteiger partial charge on any atom is 0.329 e. The molecule has 0 unspecified atom stereocenters. The van der Waals surface area contributed by atoms with Crippen LogP contribution in [0.15, 0.2) is 40.5 Å². The number of esters is 1. The first-order valence-corrected chi connectivity index (χ1v) is 8.97. The summed E-state index contributed by atoms with van der Waals surface area (Å²) in [6, 6.07) is 9.18. The Kier molecular flexibility index (Phi) is 5.18. The lowest BCUT2D eigenvalue weighted by Crippen LogP contribution is -2.36. The fraction of sp³-hybridized carbons (Fsp3) is 0.211. The molecule has 1 aliphatic heterocycles. The summed E-state index contributed by atoms with van der Waals surface area (Å²) in [6.45, 7) is 3.49. The number of carbonyl (C=O) groups is 3. The van der Waals surface area contributed by atoms with Crippen LogP contribution in [0.5, 0.6) is 0 Å². The van der Waals surface area contributed by atoms with Crippen molar-refractivity contribution < 1.29 is 19.1 Å².